The average Bonchev–Trinajstić information content (AvgIpc) is 3.97. The van der Waals surface area contributed by atoms with Crippen molar-refractivity contribution in [1.29, 1.82) is 0 Å². The van der Waals surface area contributed by atoms with Gasteiger partial charge >= 0.3 is 6.09 Å². The summed E-state index contributed by atoms with van der Waals surface area (Å²) in [4.78, 5) is 61.0. The number of pyridine rings is 1. The lowest BCUT2D eigenvalue weighted by Crippen LogP contribution is -2.60. The molecule has 270 valence electrons. The first-order valence-electron chi connectivity index (χ1n) is 17.1. The quantitative estimate of drug-likeness (QED) is 0.290. The van der Waals surface area contributed by atoms with Crippen LogP contribution in [0.2, 0.25) is 0 Å². The summed E-state index contributed by atoms with van der Waals surface area (Å²) in [5.74, 6) is -2.11. The third-order valence-corrected chi connectivity index (χ3v) is 12.7. The summed E-state index contributed by atoms with van der Waals surface area (Å²) in [5, 5.41) is 6.70. The molecule has 3 fully saturated rings. The number of rotatable bonds is 6. The number of carbonyl (C=O) groups is 4. The van der Waals surface area contributed by atoms with Crippen molar-refractivity contribution in [1.82, 2.24) is 25.2 Å². The van der Waals surface area contributed by atoms with Gasteiger partial charge < -0.3 is 25.0 Å². The number of nitrogens with one attached hydrogen (secondary N) is 3. The molecule has 6 rings (SSSR count). The second kappa shape index (κ2) is 13.9. The average molecular weight is 822 g/mol. The molecule has 4 amide bonds. The lowest BCUT2D eigenvalue weighted by atomic mass is 9.85. The molecule has 0 radical (unpaired) electrons. The van der Waals surface area contributed by atoms with Gasteiger partial charge in [0.1, 0.15) is 23.7 Å². The molecule has 5 atom stereocenters. The highest BCUT2D eigenvalue weighted by Gasteiger charge is 2.62. The number of amides is 4. The number of cyclic esters (lactones) is 1. The number of sulfonamides is 1. The first-order chi connectivity index (χ1) is 23.6. The van der Waals surface area contributed by atoms with Crippen LogP contribution in [0.1, 0.15) is 71.3 Å². The van der Waals surface area contributed by atoms with Crippen LogP contribution >= 0.6 is 22.6 Å². The Morgan fingerprint density at radius 2 is 1.92 bits per heavy atom. The highest BCUT2D eigenvalue weighted by molar-refractivity contribution is 14.1. The zero-order valence-corrected chi connectivity index (χ0v) is 31.5. The van der Waals surface area contributed by atoms with Gasteiger partial charge in [-0.1, -0.05) is 26.8 Å². The molecule has 3 heterocycles. The summed E-state index contributed by atoms with van der Waals surface area (Å²) in [5.41, 5.74) is -1.19. The van der Waals surface area contributed by atoms with E-state index in [2.05, 4.69) is 61.6 Å². The Balaban J connectivity index is 1.34. The van der Waals surface area contributed by atoms with Crippen molar-refractivity contribution < 1.29 is 37.1 Å². The number of hydrogen-bond donors (Lipinski definition) is 3. The van der Waals surface area contributed by atoms with Gasteiger partial charge in [0, 0.05) is 32.9 Å². The fourth-order valence-corrected chi connectivity index (χ4v) is 9.04. The second-order valence-electron chi connectivity index (χ2n) is 14.8. The fourth-order valence-electron chi connectivity index (χ4n) is 6.81. The van der Waals surface area contributed by atoms with Crippen molar-refractivity contribution in [3.63, 3.8) is 0 Å². The maximum Gasteiger partial charge on any atom is 0.407 e. The highest BCUT2D eigenvalue weighted by atomic mass is 127. The molecular weight excluding hydrogens is 777 g/mol. The summed E-state index contributed by atoms with van der Waals surface area (Å²) in [6.45, 7) is 9.37. The lowest BCUT2D eigenvalue weighted by molar-refractivity contribution is -0.142. The number of alkyl carbamates (subject to hydrolysis) is 1. The summed E-state index contributed by atoms with van der Waals surface area (Å²) >= 11 is 2.30. The summed E-state index contributed by atoms with van der Waals surface area (Å²) in [7, 11) is -3.88. The topological polar surface area (TPSA) is 173 Å². The van der Waals surface area contributed by atoms with E-state index in [1.165, 1.54) is 11.0 Å². The molecule has 2 saturated carbocycles. The van der Waals surface area contributed by atoms with Gasteiger partial charge in [0.05, 0.1) is 18.4 Å². The van der Waals surface area contributed by atoms with Crippen LogP contribution in [0, 0.1) is 14.9 Å². The van der Waals surface area contributed by atoms with E-state index >= 15 is 0 Å². The predicted molar refractivity (Wildman–Crippen MR) is 194 cm³/mol. The SMILES string of the molecule is C=C[C@@H]1C[C@]1(NC(=O)[C@@H]1C[C@@H]2CN1C(=O)[C@H](C(C)(C)C)NC(=O)OCCCCCc1cc(I)c3ccnc(c3c1)O2)C(=O)NS(=O)(=O)C1CC1. The third kappa shape index (κ3) is 7.58. The van der Waals surface area contributed by atoms with Gasteiger partial charge in [-0.3, -0.25) is 19.1 Å². The molecule has 4 aliphatic rings. The number of fused-ring (bicyclic) bond motifs is 3. The minimum absolute atomic E-state index is 0.00474. The minimum Gasteiger partial charge on any atom is -0.472 e. The van der Waals surface area contributed by atoms with Gasteiger partial charge in [-0.25, -0.2) is 18.2 Å². The number of benzene rings is 1. The molecule has 0 spiro atoms. The highest BCUT2D eigenvalue weighted by Crippen LogP contribution is 2.45. The molecule has 2 aliphatic heterocycles. The van der Waals surface area contributed by atoms with Crippen molar-refractivity contribution in [3.05, 3.63) is 46.2 Å². The smallest absolute Gasteiger partial charge is 0.407 e. The predicted octanol–water partition coefficient (Wildman–Crippen LogP) is 3.72. The molecule has 2 aromatic rings. The van der Waals surface area contributed by atoms with E-state index in [4.69, 9.17) is 9.47 Å². The molecule has 1 aromatic carbocycles. The Kier molecular flexibility index (Phi) is 10.1. The van der Waals surface area contributed by atoms with Gasteiger partial charge in [-0.05, 0) is 96.7 Å². The van der Waals surface area contributed by atoms with E-state index in [0.29, 0.717) is 25.1 Å². The van der Waals surface area contributed by atoms with Crippen LogP contribution in [-0.4, -0.2) is 84.2 Å². The molecular formula is C35H44IN5O8S. The van der Waals surface area contributed by atoms with Crippen molar-refractivity contribution >= 4 is 67.2 Å². The van der Waals surface area contributed by atoms with E-state index in [0.717, 1.165) is 39.2 Å². The van der Waals surface area contributed by atoms with Crippen LogP contribution in [0.15, 0.2) is 37.1 Å². The van der Waals surface area contributed by atoms with Crippen LogP contribution < -0.4 is 20.1 Å². The molecule has 13 nitrogen and oxygen atoms in total. The Labute approximate surface area is 305 Å². The molecule has 0 unspecified atom stereocenters. The van der Waals surface area contributed by atoms with Crippen LogP contribution in [-0.2, 0) is 35.6 Å². The number of ether oxygens (including phenoxy) is 2. The van der Waals surface area contributed by atoms with Crippen LogP contribution in [0.25, 0.3) is 10.8 Å². The first kappa shape index (κ1) is 36.3. The zero-order valence-electron chi connectivity index (χ0n) is 28.5. The van der Waals surface area contributed by atoms with E-state index in [9.17, 15) is 27.6 Å². The van der Waals surface area contributed by atoms with Crippen molar-refractivity contribution in [2.24, 2.45) is 11.3 Å². The molecule has 1 aromatic heterocycles. The Morgan fingerprint density at radius 3 is 2.60 bits per heavy atom. The van der Waals surface area contributed by atoms with Gasteiger partial charge in [-0.2, -0.15) is 0 Å². The number of aryl methyl sites for hydroxylation is 1. The van der Waals surface area contributed by atoms with E-state index < -0.39 is 74.1 Å². The molecule has 2 aliphatic carbocycles. The number of aromatic nitrogens is 1. The maximum atomic E-state index is 14.4. The molecule has 15 heteroatoms. The summed E-state index contributed by atoms with van der Waals surface area (Å²) < 4.78 is 40.5. The Morgan fingerprint density at radius 1 is 1.16 bits per heavy atom. The largest absolute Gasteiger partial charge is 0.472 e. The standard InChI is InChI=1S/C35H44IN5O8S/c1-5-21-18-35(21,32(44)40-50(46,47)23-10-11-23)39-29(42)27-17-22-19-41(27)31(43)28(34(2,3)4)38-33(45)48-14-8-6-7-9-20-15-25-24(26(36)16-20)12-13-37-30(25)49-22/h5,12-13,15-16,21-23,27-28H,1,6-11,14,17-19H2,2-4H3,(H,38,45)(H,39,42)(H,40,44)/t21-,22-,27+,28-,35-/m1/s1. The number of hydrogen-bond acceptors (Lipinski definition) is 9. The third-order valence-electron chi connectivity index (χ3n) is 9.95. The van der Waals surface area contributed by atoms with Gasteiger partial charge in [0.25, 0.3) is 5.91 Å². The van der Waals surface area contributed by atoms with Crippen LogP contribution in [0.4, 0.5) is 4.79 Å². The Bertz CT molecular complexity index is 1830. The maximum absolute atomic E-state index is 14.4. The van der Waals surface area contributed by atoms with Gasteiger partial charge in [-0.15, -0.1) is 6.58 Å². The van der Waals surface area contributed by atoms with Crippen LogP contribution in [0.3, 0.4) is 0 Å². The molecule has 1 saturated heterocycles. The van der Waals surface area contributed by atoms with Gasteiger partial charge in [0.2, 0.25) is 27.7 Å². The minimum atomic E-state index is -3.88. The zero-order chi connectivity index (χ0) is 36.0. The van der Waals surface area contributed by atoms with E-state index in [1.807, 2.05) is 6.07 Å². The molecule has 4 bridgehead atoms. The Hall–Kier alpha value is -3.47. The van der Waals surface area contributed by atoms with Crippen molar-refractivity contribution in [2.45, 2.75) is 101 Å². The normalized spacial score (nSPS) is 27.7. The van der Waals surface area contributed by atoms with Gasteiger partial charge in [0.15, 0.2) is 0 Å². The number of nitrogens with zero attached hydrogens (tertiary/aromatic N) is 2. The summed E-state index contributed by atoms with van der Waals surface area (Å²) in [6, 6.07) is 3.94. The van der Waals surface area contributed by atoms with E-state index in [-0.39, 0.29) is 26.0 Å². The monoisotopic (exact) mass is 821 g/mol. The van der Waals surface area contributed by atoms with Crippen molar-refractivity contribution in [3.8, 4) is 5.88 Å². The van der Waals surface area contributed by atoms with Crippen molar-refractivity contribution in [2.75, 3.05) is 13.2 Å². The molecule has 3 N–H and O–H groups in total. The number of carbonyl (C=O) groups excluding carboxylic acids is 4. The second-order valence-corrected chi connectivity index (χ2v) is 18.0. The lowest BCUT2D eigenvalue weighted by Gasteiger charge is -2.35. The summed E-state index contributed by atoms with van der Waals surface area (Å²) in [6.07, 6.45) is 6.13. The van der Waals surface area contributed by atoms with Crippen LogP contribution in [0.5, 0.6) is 5.88 Å². The van der Waals surface area contributed by atoms with E-state index in [1.54, 1.807) is 27.0 Å². The number of halogens is 1. The first-order valence-corrected chi connectivity index (χ1v) is 19.7. The molecule has 50 heavy (non-hydrogen) atoms. The fraction of sp³-hybridized carbons (Fsp3) is 0.571.